The van der Waals surface area contributed by atoms with Crippen molar-refractivity contribution in [1.29, 1.82) is 0 Å². The Bertz CT molecular complexity index is 1680. The molecule has 2 atom stereocenters. The normalized spacial score (nSPS) is 15.9. The molecule has 1 fully saturated rings. The Morgan fingerprint density at radius 2 is 0.979 bits per heavy atom. The van der Waals surface area contributed by atoms with E-state index in [1.807, 2.05) is 0 Å². The Morgan fingerprint density at radius 1 is 0.625 bits per heavy atom. The van der Waals surface area contributed by atoms with Crippen LogP contribution in [0.1, 0.15) is 31.8 Å². The van der Waals surface area contributed by atoms with Gasteiger partial charge in [0, 0.05) is 35.4 Å². The zero-order valence-corrected chi connectivity index (χ0v) is 24.8. The quantitative estimate of drug-likeness (QED) is 0.127. The van der Waals surface area contributed by atoms with Crippen LogP contribution in [0.15, 0.2) is 107 Å². The predicted octanol–water partition coefficient (Wildman–Crippen LogP) is 4.19. The van der Waals surface area contributed by atoms with E-state index in [-0.39, 0.29) is 22.5 Å². The first-order valence-corrected chi connectivity index (χ1v) is 14.2. The number of ether oxygens (including phenoxy) is 4. The zero-order valence-electron chi connectivity index (χ0n) is 24.8. The van der Waals surface area contributed by atoms with Crippen molar-refractivity contribution in [3.8, 4) is 11.5 Å². The average Bonchev–Trinajstić information content (AvgIpc) is 3.10. The fourth-order valence-electron chi connectivity index (χ4n) is 4.13. The molecule has 1 saturated heterocycles. The maximum Gasteiger partial charge on any atom is 0.271 e. The monoisotopic (exact) mass is 654 g/mol. The lowest BCUT2D eigenvalue weighted by Gasteiger charge is -2.31. The van der Waals surface area contributed by atoms with Gasteiger partial charge in [0.2, 0.25) is 0 Å². The predicted molar refractivity (Wildman–Crippen MR) is 170 cm³/mol. The Kier molecular flexibility index (Phi) is 10.7. The van der Waals surface area contributed by atoms with Crippen LogP contribution in [0.4, 0.5) is 11.4 Å². The van der Waals surface area contributed by atoms with Crippen LogP contribution in [0.2, 0.25) is 0 Å². The van der Waals surface area contributed by atoms with Crippen LogP contribution in [0.25, 0.3) is 0 Å². The fourth-order valence-corrected chi connectivity index (χ4v) is 4.13. The van der Waals surface area contributed by atoms with Crippen molar-refractivity contribution in [1.82, 2.24) is 10.9 Å². The molecule has 5 rings (SSSR count). The number of hydrogen-bond acceptors (Lipinski definition) is 12. The number of rotatable bonds is 12. The van der Waals surface area contributed by atoms with E-state index in [1.54, 1.807) is 48.5 Å². The van der Waals surface area contributed by atoms with E-state index in [0.29, 0.717) is 35.8 Å². The number of carbonyl (C=O) groups is 2. The van der Waals surface area contributed by atoms with Crippen molar-refractivity contribution < 1.29 is 38.4 Å². The van der Waals surface area contributed by atoms with Crippen molar-refractivity contribution in [2.75, 3.05) is 13.2 Å². The SMILES string of the molecule is O=C(N/N=C\c1ccc(O[C@@H]2OCCO[C@H]2Oc2ccc(/C=N\NC(=O)c3ccc([N+](=O)[O-])cc3)cc2)cc1)c1ccc([N+](=O)[O-])cc1. The van der Waals surface area contributed by atoms with Crippen LogP contribution >= 0.6 is 0 Å². The first kappa shape index (κ1) is 32.9. The fraction of sp³-hybridized carbons (Fsp3) is 0.125. The van der Waals surface area contributed by atoms with Crippen LogP contribution in [0.5, 0.6) is 11.5 Å². The summed E-state index contributed by atoms with van der Waals surface area (Å²) in [5.41, 5.74) is 6.27. The van der Waals surface area contributed by atoms with Crippen LogP contribution in [-0.2, 0) is 9.47 Å². The molecule has 0 aliphatic carbocycles. The number of non-ortho nitro benzene ring substituents is 2. The van der Waals surface area contributed by atoms with Crippen molar-refractivity contribution >= 4 is 35.6 Å². The third-order valence-electron chi connectivity index (χ3n) is 6.57. The highest BCUT2D eigenvalue weighted by Crippen LogP contribution is 2.22. The molecule has 0 bridgehead atoms. The summed E-state index contributed by atoms with van der Waals surface area (Å²) >= 11 is 0. The number of nitro benzene ring substituents is 2. The smallest absolute Gasteiger partial charge is 0.271 e. The van der Waals surface area contributed by atoms with Gasteiger partial charge in [0.15, 0.2) is 0 Å². The maximum atomic E-state index is 12.2. The van der Waals surface area contributed by atoms with E-state index in [0.717, 1.165) is 0 Å². The lowest BCUT2D eigenvalue weighted by atomic mass is 10.2. The third kappa shape index (κ3) is 9.03. The maximum absolute atomic E-state index is 12.2. The number of amides is 2. The largest absolute Gasteiger partial charge is 0.458 e. The molecule has 1 heterocycles. The molecule has 4 aromatic carbocycles. The standard InChI is InChI=1S/C32H26N6O10/c39-29(23-5-9-25(10-6-23)37(41)42)35-33-19-21-1-13-27(14-2-21)47-31-32(46-18-17-45-31)48-28-15-3-22(4-16-28)20-34-36-30(40)24-7-11-26(12-8-24)38(43)44/h1-16,19-20,31-32H,17-18H2,(H,35,39)(H,36,40)/b33-19-,34-20-/t31-,32-/m0/s1. The van der Waals surface area contributed by atoms with Gasteiger partial charge >= 0.3 is 0 Å². The zero-order chi connectivity index (χ0) is 33.9. The molecule has 244 valence electrons. The Hall–Kier alpha value is -6.52. The Morgan fingerprint density at radius 3 is 1.31 bits per heavy atom. The van der Waals surface area contributed by atoms with Crippen molar-refractivity contribution in [3.63, 3.8) is 0 Å². The van der Waals surface area contributed by atoms with Gasteiger partial charge in [0.05, 0.1) is 35.5 Å². The topological polar surface area (TPSA) is 206 Å². The van der Waals surface area contributed by atoms with Gasteiger partial charge in [-0.2, -0.15) is 10.2 Å². The molecule has 0 spiro atoms. The Balaban J connectivity index is 1.10. The highest BCUT2D eigenvalue weighted by Gasteiger charge is 2.31. The van der Waals surface area contributed by atoms with Gasteiger partial charge < -0.3 is 18.9 Å². The molecule has 0 unspecified atom stereocenters. The minimum Gasteiger partial charge on any atom is -0.458 e. The number of benzene rings is 4. The van der Waals surface area contributed by atoms with Crippen LogP contribution < -0.4 is 20.3 Å². The summed E-state index contributed by atoms with van der Waals surface area (Å²) in [6.45, 7) is 0.593. The summed E-state index contributed by atoms with van der Waals surface area (Å²) < 4.78 is 23.3. The molecule has 4 aromatic rings. The van der Waals surface area contributed by atoms with Crippen molar-refractivity contribution in [2.45, 2.75) is 12.6 Å². The summed E-state index contributed by atoms with van der Waals surface area (Å²) in [6, 6.07) is 23.9. The summed E-state index contributed by atoms with van der Waals surface area (Å²) in [7, 11) is 0. The van der Waals surface area contributed by atoms with E-state index in [9.17, 15) is 29.8 Å². The van der Waals surface area contributed by atoms with Gasteiger partial charge in [0.25, 0.3) is 35.8 Å². The second-order valence-corrected chi connectivity index (χ2v) is 9.86. The van der Waals surface area contributed by atoms with Gasteiger partial charge in [0.1, 0.15) is 11.5 Å². The molecule has 1 aliphatic heterocycles. The van der Waals surface area contributed by atoms with Crippen LogP contribution in [0, 0.1) is 20.2 Å². The average molecular weight is 655 g/mol. The molecule has 2 N–H and O–H groups in total. The number of hydrazone groups is 2. The van der Waals surface area contributed by atoms with E-state index in [4.69, 9.17) is 18.9 Å². The van der Waals surface area contributed by atoms with E-state index in [2.05, 4.69) is 21.1 Å². The molecule has 0 radical (unpaired) electrons. The van der Waals surface area contributed by atoms with Crippen molar-refractivity contribution in [3.05, 3.63) is 140 Å². The number of carbonyl (C=O) groups excluding carboxylic acids is 2. The summed E-state index contributed by atoms with van der Waals surface area (Å²) in [5, 5.41) is 29.4. The van der Waals surface area contributed by atoms with Gasteiger partial charge in [-0.25, -0.2) is 10.9 Å². The number of nitrogens with one attached hydrogen (secondary N) is 2. The molecular weight excluding hydrogens is 628 g/mol. The molecule has 1 aliphatic rings. The lowest BCUT2D eigenvalue weighted by molar-refractivity contribution is -0.385. The van der Waals surface area contributed by atoms with Gasteiger partial charge in [-0.05, 0) is 83.9 Å². The summed E-state index contributed by atoms with van der Waals surface area (Å²) in [4.78, 5) is 44.9. The number of nitrogens with zero attached hydrogens (tertiary/aromatic N) is 4. The lowest BCUT2D eigenvalue weighted by Crippen LogP contribution is -2.45. The highest BCUT2D eigenvalue weighted by atomic mass is 16.8. The summed E-state index contributed by atoms with van der Waals surface area (Å²) in [6.07, 6.45) is 1.10. The minimum atomic E-state index is -0.880. The highest BCUT2D eigenvalue weighted by molar-refractivity contribution is 5.95. The number of nitro groups is 2. The molecule has 2 amide bonds. The summed E-state index contributed by atoms with van der Waals surface area (Å²) in [5.74, 6) is -0.105. The molecule has 48 heavy (non-hydrogen) atoms. The van der Waals surface area contributed by atoms with Crippen molar-refractivity contribution in [2.24, 2.45) is 10.2 Å². The third-order valence-corrected chi connectivity index (χ3v) is 6.57. The molecular formula is C32H26N6O10. The van der Waals surface area contributed by atoms with E-state index < -0.39 is 34.2 Å². The van der Waals surface area contributed by atoms with E-state index >= 15 is 0 Å². The number of hydrogen-bond donors (Lipinski definition) is 2. The van der Waals surface area contributed by atoms with Gasteiger partial charge in [-0.1, -0.05) is 0 Å². The second-order valence-electron chi connectivity index (χ2n) is 9.86. The van der Waals surface area contributed by atoms with Crippen LogP contribution in [-0.4, -0.2) is 59.9 Å². The molecule has 16 heteroatoms. The second kappa shape index (κ2) is 15.7. The van der Waals surface area contributed by atoms with Gasteiger partial charge in [-0.15, -0.1) is 0 Å². The van der Waals surface area contributed by atoms with Crippen LogP contribution in [0.3, 0.4) is 0 Å². The molecule has 0 saturated carbocycles. The first-order chi connectivity index (χ1) is 23.2. The minimum absolute atomic E-state index is 0.119. The van der Waals surface area contributed by atoms with Gasteiger partial charge in [-0.3, -0.25) is 29.8 Å². The molecule has 16 nitrogen and oxygen atoms in total. The Labute approximate surface area is 271 Å². The van der Waals surface area contributed by atoms with E-state index in [1.165, 1.54) is 61.0 Å². The first-order valence-electron chi connectivity index (χ1n) is 14.2. The molecule has 0 aromatic heterocycles.